The monoisotopic (exact) mass is 370 g/mol. The number of aromatic nitrogens is 2. The SMILES string of the molecule is CCn1nc(C)c(CNCc2ccccc2CN2CC(C)OC(C)C2)c1C. The van der Waals surface area contributed by atoms with E-state index in [-0.39, 0.29) is 0 Å². The van der Waals surface area contributed by atoms with Gasteiger partial charge in [-0.3, -0.25) is 9.58 Å². The Morgan fingerprint density at radius 3 is 2.37 bits per heavy atom. The molecule has 0 bridgehead atoms. The molecule has 1 aromatic heterocycles. The van der Waals surface area contributed by atoms with Crippen LogP contribution in [0.15, 0.2) is 24.3 Å². The molecule has 148 valence electrons. The highest BCUT2D eigenvalue weighted by molar-refractivity contribution is 5.28. The summed E-state index contributed by atoms with van der Waals surface area (Å²) in [5.74, 6) is 0. The number of benzene rings is 1. The standard InChI is InChI=1S/C22H34N4O/c1-6-26-19(5)22(18(4)24-26)12-23-11-20-9-7-8-10-21(20)15-25-13-16(2)27-17(3)14-25/h7-10,16-17,23H,6,11-15H2,1-5H3. The van der Waals surface area contributed by atoms with Crippen molar-refractivity contribution in [2.45, 2.75) is 73.0 Å². The Balaban J connectivity index is 1.62. The van der Waals surface area contributed by atoms with E-state index in [4.69, 9.17) is 4.74 Å². The quantitative estimate of drug-likeness (QED) is 0.811. The van der Waals surface area contributed by atoms with Crippen molar-refractivity contribution in [3.8, 4) is 0 Å². The van der Waals surface area contributed by atoms with Gasteiger partial charge in [0.25, 0.3) is 0 Å². The highest BCUT2D eigenvalue weighted by Crippen LogP contribution is 2.18. The van der Waals surface area contributed by atoms with Crippen LogP contribution in [0.25, 0.3) is 0 Å². The number of hydrogen-bond acceptors (Lipinski definition) is 4. The van der Waals surface area contributed by atoms with E-state index >= 15 is 0 Å². The molecule has 1 aliphatic heterocycles. The fourth-order valence-corrected chi connectivity index (χ4v) is 4.16. The lowest BCUT2D eigenvalue weighted by atomic mass is 10.1. The molecule has 2 atom stereocenters. The summed E-state index contributed by atoms with van der Waals surface area (Å²) >= 11 is 0. The summed E-state index contributed by atoms with van der Waals surface area (Å²) < 4.78 is 7.95. The van der Waals surface area contributed by atoms with Crippen LogP contribution >= 0.6 is 0 Å². The zero-order valence-corrected chi connectivity index (χ0v) is 17.5. The van der Waals surface area contributed by atoms with E-state index in [1.165, 1.54) is 22.4 Å². The Bertz CT molecular complexity index is 745. The number of rotatable bonds is 7. The van der Waals surface area contributed by atoms with Crippen molar-refractivity contribution >= 4 is 0 Å². The Hall–Kier alpha value is -1.69. The van der Waals surface area contributed by atoms with Crippen LogP contribution in [0.5, 0.6) is 0 Å². The van der Waals surface area contributed by atoms with Gasteiger partial charge in [-0.05, 0) is 45.7 Å². The smallest absolute Gasteiger partial charge is 0.0678 e. The van der Waals surface area contributed by atoms with E-state index in [1.807, 2.05) is 0 Å². The minimum atomic E-state index is 0.306. The van der Waals surface area contributed by atoms with Gasteiger partial charge in [0, 0.05) is 50.5 Å². The molecule has 2 aromatic rings. The second-order valence-electron chi connectivity index (χ2n) is 7.79. The Labute approximate surface area is 163 Å². The normalized spacial score (nSPS) is 20.9. The van der Waals surface area contributed by atoms with Crippen LogP contribution in [0.1, 0.15) is 48.8 Å². The number of ether oxygens (including phenoxy) is 1. The fourth-order valence-electron chi connectivity index (χ4n) is 4.16. The molecule has 2 heterocycles. The van der Waals surface area contributed by atoms with Gasteiger partial charge in [0.1, 0.15) is 0 Å². The first-order valence-electron chi connectivity index (χ1n) is 10.2. The molecule has 1 fully saturated rings. The van der Waals surface area contributed by atoms with E-state index in [2.05, 4.69) is 78.9 Å². The number of nitrogens with zero attached hydrogens (tertiary/aromatic N) is 3. The van der Waals surface area contributed by atoms with Crippen LogP contribution in [0.2, 0.25) is 0 Å². The molecular formula is C22H34N4O. The zero-order valence-electron chi connectivity index (χ0n) is 17.5. The number of aryl methyl sites for hydroxylation is 2. The summed E-state index contributed by atoms with van der Waals surface area (Å²) in [6.45, 7) is 16.4. The fraction of sp³-hybridized carbons (Fsp3) is 0.591. The van der Waals surface area contributed by atoms with Crippen LogP contribution in [-0.4, -0.2) is 40.0 Å². The first kappa shape index (κ1) is 20.1. The van der Waals surface area contributed by atoms with Crippen LogP contribution in [-0.2, 0) is 30.9 Å². The van der Waals surface area contributed by atoms with Gasteiger partial charge >= 0.3 is 0 Å². The molecule has 1 aromatic carbocycles. The maximum Gasteiger partial charge on any atom is 0.0678 e. The largest absolute Gasteiger partial charge is 0.373 e. The number of nitrogens with one attached hydrogen (secondary N) is 1. The van der Waals surface area contributed by atoms with Gasteiger partial charge in [0.05, 0.1) is 17.9 Å². The molecule has 0 amide bonds. The molecule has 1 saturated heterocycles. The Morgan fingerprint density at radius 1 is 1.07 bits per heavy atom. The van der Waals surface area contributed by atoms with E-state index in [1.54, 1.807) is 0 Å². The highest BCUT2D eigenvalue weighted by Gasteiger charge is 2.22. The summed E-state index contributed by atoms with van der Waals surface area (Å²) in [6, 6.07) is 8.78. The average molecular weight is 371 g/mol. The van der Waals surface area contributed by atoms with Crippen molar-refractivity contribution in [2.24, 2.45) is 0 Å². The predicted octanol–water partition coefficient (Wildman–Crippen LogP) is 3.42. The molecule has 0 spiro atoms. The van der Waals surface area contributed by atoms with Gasteiger partial charge in [0.2, 0.25) is 0 Å². The molecule has 5 heteroatoms. The third kappa shape index (κ3) is 4.98. The van der Waals surface area contributed by atoms with Crippen LogP contribution in [0.4, 0.5) is 0 Å². The molecule has 0 radical (unpaired) electrons. The summed E-state index contributed by atoms with van der Waals surface area (Å²) in [5.41, 5.74) is 6.51. The van der Waals surface area contributed by atoms with E-state index in [0.29, 0.717) is 12.2 Å². The van der Waals surface area contributed by atoms with Gasteiger partial charge in [-0.1, -0.05) is 24.3 Å². The molecule has 0 aliphatic carbocycles. The van der Waals surface area contributed by atoms with Crippen LogP contribution < -0.4 is 5.32 Å². The minimum absolute atomic E-state index is 0.306. The molecule has 27 heavy (non-hydrogen) atoms. The Kier molecular flexibility index (Phi) is 6.68. The summed E-state index contributed by atoms with van der Waals surface area (Å²) in [7, 11) is 0. The maximum absolute atomic E-state index is 5.87. The highest BCUT2D eigenvalue weighted by atomic mass is 16.5. The van der Waals surface area contributed by atoms with Crippen molar-refractivity contribution in [1.29, 1.82) is 0 Å². The molecule has 2 unspecified atom stereocenters. The van der Waals surface area contributed by atoms with E-state index < -0.39 is 0 Å². The van der Waals surface area contributed by atoms with E-state index in [9.17, 15) is 0 Å². The first-order valence-corrected chi connectivity index (χ1v) is 10.2. The molecular weight excluding hydrogens is 336 g/mol. The Morgan fingerprint density at radius 2 is 1.74 bits per heavy atom. The lowest BCUT2D eigenvalue weighted by Gasteiger charge is -2.35. The third-order valence-electron chi connectivity index (χ3n) is 5.46. The summed E-state index contributed by atoms with van der Waals surface area (Å²) in [6.07, 6.45) is 0.611. The van der Waals surface area contributed by atoms with Crippen LogP contribution in [0, 0.1) is 13.8 Å². The molecule has 0 saturated carbocycles. The van der Waals surface area contributed by atoms with Gasteiger partial charge in [-0.15, -0.1) is 0 Å². The van der Waals surface area contributed by atoms with Crippen molar-refractivity contribution in [2.75, 3.05) is 13.1 Å². The summed E-state index contributed by atoms with van der Waals surface area (Å²) in [4.78, 5) is 2.51. The summed E-state index contributed by atoms with van der Waals surface area (Å²) in [5, 5.41) is 8.26. The van der Waals surface area contributed by atoms with Crippen LogP contribution in [0.3, 0.4) is 0 Å². The first-order chi connectivity index (χ1) is 13.0. The second-order valence-corrected chi connectivity index (χ2v) is 7.79. The molecule has 1 aliphatic rings. The van der Waals surface area contributed by atoms with Crippen molar-refractivity contribution in [1.82, 2.24) is 20.0 Å². The minimum Gasteiger partial charge on any atom is -0.373 e. The van der Waals surface area contributed by atoms with E-state index in [0.717, 1.165) is 45.0 Å². The number of hydrogen-bond donors (Lipinski definition) is 1. The number of morpholine rings is 1. The van der Waals surface area contributed by atoms with Gasteiger partial charge in [0.15, 0.2) is 0 Å². The van der Waals surface area contributed by atoms with Gasteiger partial charge < -0.3 is 10.1 Å². The molecule has 1 N–H and O–H groups in total. The maximum atomic E-state index is 5.87. The zero-order chi connectivity index (χ0) is 19.4. The second kappa shape index (κ2) is 9.00. The topological polar surface area (TPSA) is 42.3 Å². The average Bonchev–Trinajstić information content (AvgIpc) is 2.89. The lowest BCUT2D eigenvalue weighted by molar-refractivity contribution is -0.0705. The molecule has 5 nitrogen and oxygen atoms in total. The van der Waals surface area contributed by atoms with Crippen molar-refractivity contribution < 1.29 is 4.74 Å². The third-order valence-corrected chi connectivity index (χ3v) is 5.46. The van der Waals surface area contributed by atoms with Gasteiger partial charge in [-0.2, -0.15) is 5.10 Å². The predicted molar refractivity (Wildman–Crippen MR) is 110 cm³/mol. The van der Waals surface area contributed by atoms with Crippen molar-refractivity contribution in [3.05, 3.63) is 52.3 Å². The van der Waals surface area contributed by atoms with Gasteiger partial charge in [-0.25, -0.2) is 0 Å². The van der Waals surface area contributed by atoms with Crippen molar-refractivity contribution in [3.63, 3.8) is 0 Å². The lowest BCUT2D eigenvalue weighted by Crippen LogP contribution is -2.45. The molecule has 3 rings (SSSR count).